The van der Waals surface area contributed by atoms with Crippen LogP contribution in [0.4, 0.5) is 11.4 Å². The van der Waals surface area contributed by atoms with E-state index in [0.717, 1.165) is 11.6 Å². The minimum absolute atomic E-state index is 0.0723. The van der Waals surface area contributed by atoms with Crippen LogP contribution in [0.25, 0.3) is 6.08 Å². The van der Waals surface area contributed by atoms with Crippen molar-refractivity contribution in [2.75, 3.05) is 12.4 Å². The highest BCUT2D eigenvalue weighted by Crippen LogP contribution is 2.34. The summed E-state index contributed by atoms with van der Waals surface area (Å²) in [4.78, 5) is 23.1. The summed E-state index contributed by atoms with van der Waals surface area (Å²) < 4.78 is 11.3. The van der Waals surface area contributed by atoms with Gasteiger partial charge in [0.15, 0.2) is 11.5 Å². The fourth-order valence-electron chi connectivity index (χ4n) is 2.98. The van der Waals surface area contributed by atoms with Gasteiger partial charge in [-0.3, -0.25) is 14.9 Å². The van der Waals surface area contributed by atoms with Gasteiger partial charge in [-0.25, -0.2) is 0 Å². The molecule has 0 saturated heterocycles. The summed E-state index contributed by atoms with van der Waals surface area (Å²) in [5.74, 6) is -0.0304. The van der Waals surface area contributed by atoms with Crippen LogP contribution in [0, 0.1) is 21.4 Å². The molecule has 0 aliphatic carbocycles. The maximum absolute atomic E-state index is 12.7. The van der Waals surface area contributed by atoms with Gasteiger partial charge in [0.1, 0.15) is 23.3 Å². The Hall–Kier alpha value is -4.06. The number of hydrogen-bond donors (Lipinski definition) is 1. The van der Waals surface area contributed by atoms with Crippen LogP contribution < -0.4 is 14.8 Å². The van der Waals surface area contributed by atoms with E-state index in [0.29, 0.717) is 22.1 Å². The van der Waals surface area contributed by atoms with Gasteiger partial charge in [-0.2, -0.15) is 5.26 Å². The molecule has 3 aromatic rings. The Morgan fingerprint density at radius 1 is 1.18 bits per heavy atom. The highest BCUT2D eigenvalue weighted by molar-refractivity contribution is 6.32. The quantitative estimate of drug-likeness (QED) is 0.175. The number of ether oxygens (including phenoxy) is 2. The first kappa shape index (κ1) is 24.6. The van der Waals surface area contributed by atoms with Crippen molar-refractivity contribution in [3.05, 3.63) is 97.5 Å². The number of carbonyl (C=O) groups excluding carboxylic acids is 1. The van der Waals surface area contributed by atoms with Crippen molar-refractivity contribution < 1.29 is 19.2 Å². The summed E-state index contributed by atoms with van der Waals surface area (Å²) >= 11 is 11.8. The number of nitriles is 1. The molecular formula is C24H17Cl2N3O5. The molecule has 0 aliphatic rings. The highest BCUT2D eigenvalue weighted by Gasteiger charge is 2.17. The molecule has 34 heavy (non-hydrogen) atoms. The van der Waals surface area contributed by atoms with E-state index in [9.17, 15) is 20.2 Å². The number of nitrogens with one attached hydrogen (secondary N) is 1. The number of rotatable bonds is 8. The van der Waals surface area contributed by atoms with E-state index in [1.54, 1.807) is 36.4 Å². The summed E-state index contributed by atoms with van der Waals surface area (Å²) in [5.41, 5.74) is 0.737. The third kappa shape index (κ3) is 6.04. The third-order valence-electron chi connectivity index (χ3n) is 4.57. The fraction of sp³-hybridized carbons (Fsp3) is 0.0833. The molecular weight excluding hydrogens is 481 g/mol. The molecule has 1 amide bonds. The van der Waals surface area contributed by atoms with Crippen LogP contribution in [0.5, 0.6) is 11.5 Å². The van der Waals surface area contributed by atoms with Crippen molar-refractivity contribution in [3.8, 4) is 17.6 Å². The number of carbonyl (C=O) groups is 1. The SMILES string of the molecule is COc1cccc(C=C(C#N)C(=O)Nc2ccc(Cl)c([N+](=O)[O-])c2)c1OCc1cccc(Cl)c1. The van der Waals surface area contributed by atoms with Gasteiger partial charge in [0, 0.05) is 22.3 Å². The Labute approximate surface area is 205 Å². The molecule has 10 heteroatoms. The lowest BCUT2D eigenvalue weighted by molar-refractivity contribution is -0.384. The lowest BCUT2D eigenvalue weighted by atomic mass is 10.1. The van der Waals surface area contributed by atoms with Gasteiger partial charge in [-0.05, 0) is 42.0 Å². The van der Waals surface area contributed by atoms with Gasteiger partial charge >= 0.3 is 0 Å². The molecule has 0 fully saturated rings. The van der Waals surface area contributed by atoms with Gasteiger partial charge in [0.25, 0.3) is 11.6 Å². The molecule has 172 valence electrons. The maximum Gasteiger partial charge on any atom is 0.289 e. The zero-order valence-electron chi connectivity index (χ0n) is 17.7. The van der Waals surface area contributed by atoms with Gasteiger partial charge < -0.3 is 14.8 Å². The first-order valence-electron chi connectivity index (χ1n) is 9.73. The Kier molecular flexibility index (Phi) is 8.09. The van der Waals surface area contributed by atoms with Crippen LogP contribution in [0.1, 0.15) is 11.1 Å². The normalized spacial score (nSPS) is 10.8. The Balaban J connectivity index is 1.89. The molecule has 1 N–H and O–H groups in total. The number of benzene rings is 3. The summed E-state index contributed by atoms with van der Waals surface area (Å²) in [7, 11) is 1.47. The number of amides is 1. The lowest BCUT2D eigenvalue weighted by Gasteiger charge is -2.14. The topological polar surface area (TPSA) is 114 Å². The largest absolute Gasteiger partial charge is 0.493 e. The molecule has 0 atom stereocenters. The second-order valence-electron chi connectivity index (χ2n) is 6.84. The molecule has 0 unspecified atom stereocenters. The average molecular weight is 498 g/mol. The van der Waals surface area contributed by atoms with Gasteiger partial charge in [-0.15, -0.1) is 0 Å². The number of anilines is 1. The smallest absolute Gasteiger partial charge is 0.289 e. The number of hydrogen-bond acceptors (Lipinski definition) is 6. The minimum Gasteiger partial charge on any atom is -0.493 e. The van der Waals surface area contributed by atoms with Crippen molar-refractivity contribution in [1.82, 2.24) is 0 Å². The third-order valence-corrected chi connectivity index (χ3v) is 5.12. The van der Waals surface area contributed by atoms with Crippen molar-refractivity contribution >= 4 is 46.6 Å². The van der Waals surface area contributed by atoms with Crippen molar-refractivity contribution in [3.63, 3.8) is 0 Å². The standard InChI is InChI=1S/C24H17Cl2N3O5/c1-33-22-7-3-5-16(23(22)34-14-15-4-2-6-18(25)10-15)11-17(13-27)24(30)28-19-8-9-20(26)21(12-19)29(31)32/h2-12H,14H2,1H3,(H,28,30). The van der Waals surface area contributed by atoms with Crippen molar-refractivity contribution in [2.24, 2.45) is 0 Å². The number of halogens is 2. The summed E-state index contributed by atoms with van der Waals surface area (Å²) in [6.07, 6.45) is 1.34. The van der Waals surface area contributed by atoms with Gasteiger partial charge in [0.05, 0.1) is 12.0 Å². The maximum atomic E-state index is 12.7. The first-order chi connectivity index (χ1) is 16.3. The Morgan fingerprint density at radius 3 is 2.62 bits per heavy atom. The van der Waals surface area contributed by atoms with Crippen molar-refractivity contribution in [2.45, 2.75) is 6.61 Å². The van der Waals surface area contributed by atoms with Gasteiger partial charge in [0.2, 0.25) is 0 Å². The van der Waals surface area contributed by atoms with Crippen LogP contribution in [0.2, 0.25) is 10.0 Å². The van der Waals surface area contributed by atoms with Crippen LogP contribution in [-0.4, -0.2) is 17.9 Å². The van der Waals surface area contributed by atoms with Crippen LogP contribution in [-0.2, 0) is 11.4 Å². The predicted molar refractivity (Wildman–Crippen MR) is 129 cm³/mol. The van der Waals surface area contributed by atoms with Gasteiger partial charge in [-0.1, -0.05) is 47.5 Å². The number of methoxy groups -OCH3 is 1. The molecule has 0 heterocycles. The number of para-hydroxylation sites is 1. The predicted octanol–water partition coefficient (Wildman–Crippen LogP) is 6.03. The highest BCUT2D eigenvalue weighted by atomic mass is 35.5. The molecule has 3 aromatic carbocycles. The summed E-state index contributed by atoms with van der Waals surface area (Å²) in [5, 5.41) is 23.6. The van der Waals surface area contributed by atoms with E-state index < -0.39 is 10.8 Å². The van der Waals surface area contributed by atoms with E-state index in [2.05, 4.69) is 5.32 Å². The van der Waals surface area contributed by atoms with E-state index in [-0.39, 0.29) is 28.6 Å². The molecule has 0 aliphatic heterocycles. The second-order valence-corrected chi connectivity index (χ2v) is 7.69. The molecule has 0 saturated carbocycles. The number of nitro groups is 1. The van der Waals surface area contributed by atoms with E-state index in [1.807, 2.05) is 12.1 Å². The van der Waals surface area contributed by atoms with E-state index in [1.165, 1.54) is 25.3 Å². The Morgan fingerprint density at radius 2 is 1.94 bits per heavy atom. The molecule has 0 spiro atoms. The Bertz CT molecular complexity index is 1320. The van der Waals surface area contributed by atoms with Crippen LogP contribution in [0.3, 0.4) is 0 Å². The molecule has 8 nitrogen and oxygen atoms in total. The lowest BCUT2D eigenvalue weighted by Crippen LogP contribution is -2.13. The number of nitrogens with zero attached hydrogens (tertiary/aromatic N) is 2. The number of nitro benzene ring substituents is 1. The molecule has 3 rings (SSSR count). The second kappa shape index (κ2) is 11.2. The average Bonchev–Trinajstić information content (AvgIpc) is 2.82. The fourth-order valence-corrected chi connectivity index (χ4v) is 3.38. The monoisotopic (exact) mass is 497 g/mol. The van der Waals surface area contributed by atoms with E-state index >= 15 is 0 Å². The molecule has 0 bridgehead atoms. The van der Waals surface area contributed by atoms with E-state index in [4.69, 9.17) is 32.7 Å². The first-order valence-corrected chi connectivity index (χ1v) is 10.5. The summed E-state index contributed by atoms with van der Waals surface area (Å²) in [6, 6.07) is 17.8. The summed E-state index contributed by atoms with van der Waals surface area (Å²) in [6.45, 7) is 0.171. The van der Waals surface area contributed by atoms with Crippen LogP contribution >= 0.6 is 23.2 Å². The van der Waals surface area contributed by atoms with Crippen LogP contribution in [0.15, 0.2) is 66.2 Å². The molecule has 0 aromatic heterocycles. The minimum atomic E-state index is -0.761. The molecule has 0 radical (unpaired) electrons. The zero-order chi connectivity index (χ0) is 24.7. The zero-order valence-corrected chi connectivity index (χ0v) is 19.3. The van der Waals surface area contributed by atoms with Crippen molar-refractivity contribution in [1.29, 1.82) is 5.26 Å².